The Labute approximate surface area is 107 Å². The van der Waals surface area contributed by atoms with Gasteiger partial charge in [-0.05, 0) is 24.1 Å². The van der Waals surface area contributed by atoms with Crippen molar-refractivity contribution in [1.82, 2.24) is 5.32 Å². The second-order valence-electron chi connectivity index (χ2n) is 4.27. The first-order valence-electron chi connectivity index (χ1n) is 6.40. The first kappa shape index (κ1) is 12.9. The van der Waals surface area contributed by atoms with Crippen LogP contribution in [0.1, 0.15) is 24.5 Å². The molecule has 98 valence electrons. The fraction of sp³-hybridized carbons (Fsp3) is 0.500. The summed E-state index contributed by atoms with van der Waals surface area (Å²) in [5.74, 6) is 0.859. The van der Waals surface area contributed by atoms with Crippen molar-refractivity contribution in [2.75, 3.05) is 19.8 Å². The van der Waals surface area contributed by atoms with Gasteiger partial charge in [0.15, 0.2) is 0 Å². The molecule has 0 fully saturated rings. The van der Waals surface area contributed by atoms with Gasteiger partial charge in [0.2, 0.25) is 0 Å². The van der Waals surface area contributed by atoms with Crippen LogP contribution in [0.5, 0.6) is 5.75 Å². The molecule has 0 saturated carbocycles. The zero-order valence-electron chi connectivity index (χ0n) is 10.7. The smallest absolute Gasteiger partial charge is 0.307 e. The van der Waals surface area contributed by atoms with Crippen LogP contribution in [0.15, 0.2) is 18.2 Å². The van der Waals surface area contributed by atoms with Crippen molar-refractivity contribution in [2.24, 2.45) is 0 Å². The standard InChI is InChI=1S/C14H19NO3/c1-2-17-14(16)5-7-15-10-11-3-4-13-12(9-11)6-8-18-13/h3-4,9,15H,2,5-8,10H2,1H3. The predicted molar refractivity (Wildman–Crippen MR) is 68.6 cm³/mol. The van der Waals surface area contributed by atoms with Crippen molar-refractivity contribution >= 4 is 5.97 Å². The SMILES string of the molecule is CCOC(=O)CCNCc1ccc2c(c1)CCO2. The van der Waals surface area contributed by atoms with Crippen LogP contribution in [0.3, 0.4) is 0 Å². The highest BCUT2D eigenvalue weighted by Gasteiger charge is 2.11. The second-order valence-corrected chi connectivity index (χ2v) is 4.27. The third kappa shape index (κ3) is 3.47. The van der Waals surface area contributed by atoms with Gasteiger partial charge in [-0.15, -0.1) is 0 Å². The minimum absolute atomic E-state index is 0.146. The van der Waals surface area contributed by atoms with E-state index in [4.69, 9.17) is 9.47 Å². The van der Waals surface area contributed by atoms with Crippen LogP contribution >= 0.6 is 0 Å². The van der Waals surface area contributed by atoms with Gasteiger partial charge in [-0.1, -0.05) is 12.1 Å². The van der Waals surface area contributed by atoms with Crippen molar-refractivity contribution in [3.05, 3.63) is 29.3 Å². The lowest BCUT2D eigenvalue weighted by Crippen LogP contribution is -2.19. The molecular formula is C14H19NO3. The Morgan fingerprint density at radius 3 is 3.22 bits per heavy atom. The normalized spacial score (nSPS) is 12.9. The molecule has 0 atom stereocenters. The van der Waals surface area contributed by atoms with Crippen molar-refractivity contribution in [1.29, 1.82) is 0 Å². The Balaban J connectivity index is 1.72. The Hall–Kier alpha value is -1.55. The molecule has 0 saturated heterocycles. The number of fused-ring (bicyclic) bond motifs is 1. The first-order valence-corrected chi connectivity index (χ1v) is 6.40. The molecule has 4 heteroatoms. The molecule has 0 spiro atoms. The maximum Gasteiger partial charge on any atom is 0.307 e. The van der Waals surface area contributed by atoms with Crippen molar-refractivity contribution in [3.8, 4) is 5.75 Å². The first-order chi connectivity index (χ1) is 8.79. The van der Waals surface area contributed by atoms with Crippen LogP contribution in [-0.4, -0.2) is 25.7 Å². The van der Waals surface area contributed by atoms with Gasteiger partial charge < -0.3 is 14.8 Å². The number of hydrogen-bond acceptors (Lipinski definition) is 4. The molecule has 4 nitrogen and oxygen atoms in total. The van der Waals surface area contributed by atoms with E-state index in [1.165, 1.54) is 11.1 Å². The highest BCUT2D eigenvalue weighted by molar-refractivity contribution is 5.69. The topological polar surface area (TPSA) is 47.6 Å². The van der Waals surface area contributed by atoms with Crippen molar-refractivity contribution in [2.45, 2.75) is 26.3 Å². The molecule has 1 aliphatic rings. The van der Waals surface area contributed by atoms with Crippen molar-refractivity contribution in [3.63, 3.8) is 0 Å². The summed E-state index contributed by atoms with van der Waals surface area (Å²) in [6, 6.07) is 6.24. The van der Waals surface area contributed by atoms with Gasteiger partial charge in [-0.2, -0.15) is 0 Å². The van der Waals surface area contributed by atoms with Gasteiger partial charge in [0, 0.05) is 19.5 Å². The number of nitrogens with one attached hydrogen (secondary N) is 1. The lowest BCUT2D eigenvalue weighted by Gasteiger charge is -2.06. The van der Waals surface area contributed by atoms with E-state index in [1.807, 2.05) is 13.0 Å². The van der Waals surface area contributed by atoms with E-state index in [9.17, 15) is 4.79 Å². The minimum Gasteiger partial charge on any atom is -0.493 e. The zero-order valence-corrected chi connectivity index (χ0v) is 10.7. The van der Waals surface area contributed by atoms with Gasteiger partial charge in [-0.25, -0.2) is 0 Å². The van der Waals surface area contributed by atoms with E-state index in [-0.39, 0.29) is 5.97 Å². The number of rotatable bonds is 6. The van der Waals surface area contributed by atoms with E-state index in [0.29, 0.717) is 19.6 Å². The molecule has 1 aromatic rings. The summed E-state index contributed by atoms with van der Waals surface area (Å²) in [6.07, 6.45) is 1.41. The molecule has 0 aliphatic carbocycles. The summed E-state index contributed by atoms with van der Waals surface area (Å²) < 4.78 is 10.3. The quantitative estimate of drug-likeness (QED) is 0.615. The van der Waals surface area contributed by atoms with E-state index in [0.717, 1.165) is 25.3 Å². The number of ether oxygens (including phenoxy) is 2. The van der Waals surface area contributed by atoms with Crippen LogP contribution in [0.2, 0.25) is 0 Å². The number of carbonyl (C=O) groups excluding carboxylic acids is 1. The molecule has 0 radical (unpaired) electrons. The highest BCUT2D eigenvalue weighted by atomic mass is 16.5. The molecule has 18 heavy (non-hydrogen) atoms. The average molecular weight is 249 g/mol. The number of carbonyl (C=O) groups is 1. The Morgan fingerprint density at radius 1 is 1.50 bits per heavy atom. The van der Waals surface area contributed by atoms with Gasteiger partial charge in [-0.3, -0.25) is 4.79 Å². The molecule has 0 aromatic heterocycles. The lowest BCUT2D eigenvalue weighted by molar-refractivity contribution is -0.142. The Bertz CT molecular complexity index is 418. The fourth-order valence-electron chi connectivity index (χ4n) is 2.01. The largest absolute Gasteiger partial charge is 0.493 e. The van der Waals surface area contributed by atoms with E-state index in [1.54, 1.807) is 0 Å². The van der Waals surface area contributed by atoms with E-state index < -0.39 is 0 Å². The number of hydrogen-bond donors (Lipinski definition) is 1. The molecule has 0 amide bonds. The summed E-state index contributed by atoms with van der Waals surface area (Å²) in [5.41, 5.74) is 2.50. The Morgan fingerprint density at radius 2 is 2.39 bits per heavy atom. The Kier molecular flexibility index (Phi) is 4.59. The number of esters is 1. The van der Waals surface area contributed by atoms with Gasteiger partial charge in [0.25, 0.3) is 0 Å². The summed E-state index contributed by atoms with van der Waals surface area (Å²) >= 11 is 0. The van der Waals surface area contributed by atoms with Gasteiger partial charge in [0.1, 0.15) is 5.75 Å². The summed E-state index contributed by atoms with van der Waals surface area (Å²) in [6.45, 7) is 4.47. The van der Waals surface area contributed by atoms with Gasteiger partial charge >= 0.3 is 5.97 Å². The second kappa shape index (κ2) is 6.40. The molecule has 2 rings (SSSR count). The summed E-state index contributed by atoms with van der Waals surface area (Å²) in [7, 11) is 0. The maximum atomic E-state index is 11.1. The zero-order chi connectivity index (χ0) is 12.8. The van der Waals surface area contributed by atoms with Gasteiger partial charge in [0.05, 0.1) is 19.6 Å². The summed E-state index contributed by atoms with van der Waals surface area (Å²) in [5, 5.41) is 3.24. The number of benzene rings is 1. The van der Waals surface area contributed by atoms with Crippen LogP contribution in [0.4, 0.5) is 0 Å². The predicted octanol–water partition coefficient (Wildman–Crippen LogP) is 1.66. The molecule has 1 N–H and O–H groups in total. The average Bonchev–Trinajstić information content (AvgIpc) is 2.82. The lowest BCUT2D eigenvalue weighted by atomic mass is 10.1. The van der Waals surface area contributed by atoms with E-state index in [2.05, 4.69) is 17.4 Å². The molecule has 1 aromatic carbocycles. The molecule has 1 aliphatic heterocycles. The van der Waals surface area contributed by atoms with Crippen molar-refractivity contribution < 1.29 is 14.3 Å². The molecule has 0 unspecified atom stereocenters. The minimum atomic E-state index is -0.146. The molecule has 0 bridgehead atoms. The van der Waals surface area contributed by atoms with Crippen LogP contribution in [-0.2, 0) is 22.5 Å². The third-order valence-electron chi connectivity index (χ3n) is 2.89. The maximum absolute atomic E-state index is 11.1. The highest BCUT2D eigenvalue weighted by Crippen LogP contribution is 2.25. The fourth-order valence-corrected chi connectivity index (χ4v) is 2.01. The van der Waals surface area contributed by atoms with Crippen LogP contribution in [0.25, 0.3) is 0 Å². The third-order valence-corrected chi connectivity index (χ3v) is 2.89. The monoisotopic (exact) mass is 249 g/mol. The van der Waals surface area contributed by atoms with E-state index >= 15 is 0 Å². The molecule has 1 heterocycles. The van der Waals surface area contributed by atoms with Crippen LogP contribution < -0.4 is 10.1 Å². The molecular weight excluding hydrogens is 230 g/mol. The van der Waals surface area contributed by atoms with Crippen LogP contribution in [0, 0.1) is 0 Å². The summed E-state index contributed by atoms with van der Waals surface area (Å²) in [4.78, 5) is 11.1.